The van der Waals surface area contributed by atoms with E-state index in [9.17, 15) is 31.9 Å². The number of aryl methyl sites for hydroxylation is 1. The number of benzene rings is 3. The summed E-state index contributed by atoms with van der Waals surface area (Å²) in [5, 5.41) is 7.48. The number of nitrogens with zero attached hydrogens (tertiary/aromatic N) is 3. The SMILES string of the molecule is Cc1nc(-c2cc(-c3ccc(Cl)cc3)n(-c3ccc(F)cc3)n2)sc1C(=O)NNC(=O)NC(=O)c1ccc(C(F)(F)F)cc1. The molecular weight excluding hydrogens is 624 g/mol. The van der Waals surface area contributed by atoms with E-state index in [1.165, 1.54) is 12.1 Å². The van der Waals surface area contributed by atoms with Gasteiger partial charge in [0.05, 0.1) is 22.6 Å². The summed E-state index contributed by atoms with van der Waals surface area (Å²) in [6.07, 6.45) is -4.58. The maximum absolute atomic E-state index is 13.6. The molecule has 44 heavy (non-hydrogen) atoms. The zero-order valence-corrected chi connectivity index (χ0v) is 23.9. The fourth-order valence-corrected chi connectivity index (χ4v) is 5.04. The molecule has 0 aliphatic heterocycles. The molecule has 3 aromatic carbocycles. The van der Waals surface area contributed by atoms with Gasteiger partial charge in [0.2, 0.25) is 0 Å². The van der Waals surface area contributed by atoms with Crippen molar-refractivity contribution in [3.05, 3.63) is 111 Å². The Morgan fingerprint density at radius 2 is 1.55 bits per heavy atom. The van der Waals surface area contributed by atoms with Crippen LogP contribution in [0.3, 0.4) is 0 Å². The van der Waals surface area contributed by atoms with Gasteiger partial charge in [-0.15, -0.1) is 11.3 Å². The van der Waals surface area contributed by atoms with Crippen molar-refractivity contribution in [2.24, 2.45) is 0 Å². The Balaban J connectivity index is 1.30. The third-order valence-electron chi connectivity index (χ3n) is 6.13. The molecule has 15 heteroatoms. The Morgan fingerprint density at radius 3 is 2.18 bits per heavy atom. The normalized spacial score (nSPS) is 11.2. The van der Waals surface area contributed by atoms with Crippen LogP contribution in [0.25, 0.3) is 27.6 Å². The summed E-state index contributed by atoms with van der Waals surface area (Å²) in [6.45, 7) is 1.58. The van der Waals surface area contributed by atoms with E-state index in [0.29, 0.717) is 44.9 Å². The van der Waals surface area contributed by atoms with Gasteiger partial charge in [-0.2, -0.15) is 18.3 Å². The predicted molar refractivity (Wildman–Crippen MR) is 155 cm³/mol. The lowest BCUT2D eigenvalue weighted by atomic mass is 10.1. The van der Waals surface area contributed by atoms with E-state index in [-0.39, 0.29) is 10.4 Å². The summed E-state index contributed by atoms with van der Waals surface area (Å²) >= 11 is 7.04. The first-order valence-corrected chi connectivity index (χ1v) is 13.8. The average Bonchev–Trinajstić information content (AvgIpc) is 3.60. The number of hydrazine groups is 1. The van der Waals surface area contributed by atoms with Gasteiger partial charge in [0.25, 0.3) is 11.8 Å². The van der Waals surface area contributed by atoms with E-state index in [4.69, 9.17) is 11.6 Å². The van der Waals surface area contributed by atoms with E-state index in [1.807, 2.05) is 10.7 Å². The highest BCUT2D eigenvalue weighted by atomic mass is 35.5. The number of imide groups is 1. The van der Waals surface area contributed by atoms with Crippen LogP contribution in [0.15, 0.2) is 78.9 Å². The van der Waals surface area contributed by atoms with E-state index in [0.717, 1.165) is 29.0 Å². The van der Waals surface area contributed by atoms with Crippen molar-refractivity contribution >= 4 is 40.8 Å². The quantitative estimate of drug-likeness (QED) is 0.148. The molecule has 5 rings (SSSR count). The van der Waals surface area contributed by atoms with Crippen LogP contribution < -0.4 is 16.2 Å². The van der Waals surface area contributed by atoms with Gasteiger partial charge in [0.15, 0.2) is 0 Å². The molecule has 0 spiro atoms. The van der Waals surface area contributed by atoms with Crippen molar-refractivity contribution in [1.29, 1.82) is 0 Å². The number of carbonyl (C=O) groups excluding carboxylic acids is 3. The highest BCUT2D eigenvalue weighted by Gasteiger charge is 2.30. The molecule has 0 fully saturated rings. The number of aromatic nitrogens is 3. The van der Waals surface area contributed by atoms with Crippen LogP contribution in [0.4, 0.5) is 22.4 Å². The standard InChI is InChI=1S/C29H19ClF4N6O3S/c1-15-24(26(42)37-38-28(43)36-25(41)17-2-6-18(7-3-17)29(32,33)34)44-27(35-15)22-14-23(16-4-8-19(30)9-5-16)40(39-22)21-12-10-20(31)11-13-21/h2-14H,1H3,(H,37,42)(H2,36,38,41,43). The zero-order valence-electron chi connectivity index (χ0n) is 22.4. The largest absolute Gasteiger partial charge is 0.416 e. The molecule has 0 aliphatic carbocycles. The number of nitrogens with one attached hydrogen (secondary N) is 3. The molecule has 4 amide bonds. The van der Waals surface area contributed by atoms with Gasteiger partial charge in [-0.05, 0) is 73.7 Å². The van der Waals surface area contributed by atoms with Crippen LogP contribution in [0.1, 0.15) is 31.3 Å². The molecule has 0 atom stereocenters. The molecule has 0 saturated heterocycles. The Kier molecular flexibility index (Phi) is 8.47. The van der Waals surface area contributed by atoms with Crippen LogP contribution in [-0.4, -0.2) is 32.6 Å². The second-order valence-corrected chi connectivity index (χ2v) is 10.6. The second-order valence-electron chi connectivity index (χ2n) is 9.18. The molecule has 224 valence electrons. The van der Waals surface area contributed by atoms with Gasteiger partial charge in [0, 0.05) is 16.1 Å². The first kappa shape index (κ1) is 30.4. The van der Waals surface area contributed by atoms with Crippen LogP contribution in [0, 0.1) is 12.7 Å². The molecule has 0 bridgehead atoms. The lowest BCUT2D eigenvalue weighted by Gasteiger charge is -2.09. The average molecular weight is 643 g/mol. The number of thiazole rings is 1. The number of hydrogen-bond donors (Lipinski definition) is 3. The summed E-state index contributed by atoms with van der Waals surface area (Å²) in [6, 6.07) is 16.7. The molecule has 9 nitrogen and oxygen atoms in total. The number of urea groups is 1. The molecule has 0 unspecified atom stereocenters. The molecule has 0 radical (unpaired) electrons. The highest BCUT2D eigenvalue weighted by Crippen LogP contribution is 2.33. The predicted octanol–water partition coefficient (Wildman–Crippen LogP) is 6.57. The third kappa shape index (κ3) is 6.76. The Morgan fingerprint density at radius 1 is 0.886 bits per heavy atom. The second kappa shape index (κ2) is 12.3. The number of hydrogen-bond acceptors (Lipinski definition) is 6. The first-order chi connectivity index (χ1) is 20.9. The minimum Gasteiger partial charge on any atom is -0.273 e. The summed E-state index contributed by atoms with van der Waals surface area (Å²) in [7, 11) is 0. The summed E-state index contributed by atoms with van der Waals surface area (Å²) < 4.78 is 53.4. The Bertz CT molecular complexity index is 1790. The third-order valence-corrected chi connectivity index (χ3v) is 7.56. The van der Waals surface area contributed by atoms with Gasteiger partial charge < -0.3 is 0 Å². The van der Waals surface area contributed by atoms with Crippen molar-refractivity contribution in [2.45, 2.75) is 13.1 Å². The molecule has 3 N–H and O–H groups in total. The topological polar surface area (TPSA) is 118 Å². The fraction of sp³-hybridized carbons (Fsp3) is 0.0690. The maximum atomic E-state index is 13.6. The molecule has 0 aliphatic rings. The fourth-order valence-electron chi connectivity index (χ4n) is 4.00. The molecule has 2 aromatic heterocycles. The van der Waals surface area contributed by atoms with Crippen molar-refractivity contribution in [2.75, 3.05) is 0 Å². The number of carbonyl (C=O) groups is 3. The highest BCUT2D eigenvalue weighted by molar-refractivity contribution is 7.17. The number of halogens is 5. The Labute approximate surface area is 255 Å². The first-order valence-electron chi connectivity index (χ1n) is 12.6. The van der Waals surface area contributed by atoms with Crippen molar-refractivity contribution in [3.8, 4) is 27.6 Å². The van der Waals surface area contributed by atoms with Crippen LogP contribution >= 0.6 is 22.9 Å². The molecular formula is C29H19ClF4N6O3S. The molecule has 0 saturated carbocycles. The molecule has 5 aromatic rings. The lowest BCUT2D eigenvalue weighted by molar-refractivity contribution is -0.137. The van der Waals surface area contributed by atoms with E-state index in [1.54, 1.807) is 54.1 Å². The minimum atomic E-state index is -4.58. The number of amides is 4. The summed E-state index contributed by atoms with van der Waals surface area (Å²) in [5.41, 5.74) is 5.79. The van der Waals surface area contributed by atoms with E-state index >= 15 is 0 Å². The van der Waals surface area contributed by atoms with E-state index < -0.39 is 35.4 Å². The lowest BCUT2D eigenvalue weighted by Crippen LogP contribution is -2.48. The van der Waals surface area contributed by atoms with Gasteiger partial charge in [-0.3, -0.25) is 20.3 Å². The zero-order chi connectivity index (χ0) is 31.6. The monoisotopic (exact) mass is 642 g/mol. The van der Waals surface area contributed by atoms with Crippen molar-refractivity contribution < 1.29 is 31.9 Å². The van der Waals surface area contributed by atoms with Crippen molar-refractivity contribution in [1.82, 2.24) is 30.9 Å². The van der Waals surface area contributed by atoms with Crippen LogP contribution in [0.2, 0.25) is 5.02 Å². The smallest absolute Gasteiger partial charge is 0.273 e. The van der Waals surface area contributed by atoms with Crippen molar-refractivity contribution in [3.63, 3.8) is 0 Å². The van der Waals surface area contributed by atoms with Crippen LogP contribution in [0.5, 0.6) is 0 Å². The number of alkyl halides is 3. The summed E-state index contributed by atoms with van der Waals surface area (Å²) in [5.74, 6) is -2.12. The molecule has 2 heterocycles. The van der Waals surface area contributed by atoms with Gasteiger partial charge in [-0.25, -0.2) is 24.3 Å². The van der Waals surface area contributed by atoms with Gasteiger partial charge >= 0.3 is 12.2 Å². The maximum Gasteiger partial charge on any atom is 0.416 e. The van der Waals surface area contributed by atoms with E-state index in [2.05, 4.69) is 15.5 Å². The van der Waals surface area contributed by atoms with Crippen LogP contribution in [-0.2, 0) is 6.18 Å². The number of rotatable bonds is 5. The summed E-state index contributed by atoms with van der Waals surface area (Å²) in [4.78, 5) is 41.8. The minimum absolute atomic E-state index is 0.138. The van der Waals surface area contributed by atoms with Gasteiger partial charge in [0.1, 0.15) is 21.4 Å². The van der Waals surface area contributed by atoms with Gasteiger partial charge in [-0.1, -0.05) is 23.7 Å². The Hall–Kier alpha value is -5.08.